The fourth-order valence-corrected chi connectivity index (χ4v) is 1.31. The Morgan fingerprint density at radius 1 is 1.50 bits per heavy atom. The van der Waals surface area contributed by atoms with Crippen molar-refractivity contribution >= 4 is 0 Å². The fraction of sp³-hybridized carbons (Fsp3) is 0.750. The smallest absolute Gasteiger partial charge is 0.210 e. The van der Waals surface area contributed by atoms with Gasteiger partial charge in [0.15, 0.2) is 0 Å². The number of terminal acetylenes is 1. The fourth-order valence-electron chi connectivity index (χ4n) is 1.31. The van der Waals surface area contributed by atoms with E-state index in [-0.39, 0.29) is 6.42 Å². The van der Waals surface area contributed by atoms with Crippen molar-refractivity contribution in [2.75, 3.05) is 0 Å². The molecule has 0 saturated heterocycles. The van der Waals surface area contributed by atoms with Gasteiger partial charge >= 0.3 is 0 Å². The maximum Gasteiger partial charge on any atom is 0.245 e. The lowest BCUT2D eigenvalue weighted by molar-refractivity contribution is -0.0563. The van der Waals surface area contributed by atoms with Crippen molar-refractivity contribution in [2.45, 2.75) is 32.1 Å². The van der Waals surface area contributed by atoms with E-state index in [0.29, 0.717) is 12.8 Å². The normalized spacial score (nSPS) is 21.8. The van der Waals surface area contributed by atoms with Crippen molar-refractivity contribution in [1.29, 1.82) is 0 Å². The SMILES string of the molecule is C#CCC1(C(F)F)CCC1. The summed E-state index contributed by atoms with van der Waals surface area (Å²) in [4.78, 5) is 0. The molecule has 0 amide bonds. The average Bonchev–Trinajstić information content (AvgIpc) is 1.77. The maximum atomic E-state index is 12.2. The molecule has 1 fully saturated rings. The van der Waals surface area contributed by atoms with Gasteiger partial charge in [-0.25, -0.2) is 8.78 Å². The van der Waals surface area contributed by atoms with Gasteiger partial charge in [0.2, 0.25) is 6.43 Å². The summed E-state index contributed by atoms with van der Waals surface area (Å²) in [5.74, 6) is 2.31. The Bertz CT molecular complexity index is 151. The standard InChI is InChI=1S/C8H10F2/c1-2-4-8(7(9)10)5-3-6-8/h1,7H,3-6H2. The predicted octanol–water partition coefficient (Wildman–Crippen LogP) is 2.45. The third-order valence-electron chi connectivity index (χ3n) is 2.27. The van der Waals surface area contributed by atoms with Crippen LogP contribution in [-0.4, -0.2) is 6.43 Å². The topological polar surface area (TPSA) is 0 Å². The summed E-state index contributed by atoms with van der Waals surface area (Å²) >= 11 is 0. The van der Waals surface area contributed by atoms with Gasteiger partial charge in [-0.05, 0) is 12.8 Å². The summed E-state index contributed by atoms with van der Waals surface area (Å²) in [6, 6.07) is 0. The first-order chi connectivity index (χ1) is 4.71. The third kappa shape index (κ3) is 1.01. The summed E-state index contributed by atoms with van der Waals surface area (Å²) in [7, 11) is 0. The molecule has 0 heterocycles. The van der Waals surface area contributed by atoms with Crippen molar-refractivity contribution in [2.24, 2.45) is 5.41 Å². The van der Waals surface area contributed by atoms with E-state index in [2.05, 4.69) is 5.92 Å². The first-order valence-electron chi connectivity index (χ1n) is 3.43. The highest BCUT2D eigenvalue weighted by Crippen LogP contribution is 2.48. The van der Waals surface area contributed by atoms with Crippen LogP contribution in [0.15, 0.2) is 0 Å². The highest BCUT2D eigenvalue weighted by atomic mass is 19.3. The minimum absolute atomic E-state index is 0.241. The van der Waals surface area contributed by atoms with Gasteiger partial charge < -0.3 is 0 Å². The molecule has 2 heteroatoms. The number of halogens is 2. The van der Waals surface area contributed by atoms with E-state index >= 15 is 0 Å². The molecule has 1 aliphatic rings. The molecular weight excluding hydrogens is 134 g/mol. The molecule has 0 unspecified atom stereocenters. The van der Waals surface area contributed by atoms with Gasteiger partial charge in [0, 0.05) is 11.8 Å². The van der Waals surface area contributed by atoms with E-state index in [1.807, 2.05) is 0 Å². The van der Waals surface area contributed by atoms with E-state index < -0.39 is 11.8 Å². The Morgan fingerprint density at radius 3 is 2.20 bits per heavy atom. The lowest BCUT2D eigenvalue weighted by atomic mass is 9.67. The second kappa shape index (κ2) is 2.57. The molecule has 0 nitrogen and oxygen atoms in total. The minimum Gasteiger partial charge on any atom is -0.210 e. The first kappa shape index (κ1) is 7.53. The minimum atomic E-state index is -2.22. The van der Waals surface area contributed by atoms with E-state index in [4.69, 9.17) is 6.42 Å². The summed E-state index contributed by atoms with van der Waals surface area (Å²) in [6.07, 6.45) is 5.12. The zero-order valence-electron chi connectivity index (χ0n) is 5.74. The molecule has 0 aromatic rings. The zero-order valence-corrected chi connectivity index (χ0v) is 5.74. The Kier molecular flexibility index (Phi) is 1.94. The molecule has 0 aromatic heterocycles. The largest absolute Gasteiger partial charge is 0.245 e. The van der Waals surface area contributed by atoms with Gasteiger partial charge in [-0.3, -0.25) is 0 Å². The van der Waals surface area contributed by atoms with Crippen LogP contribution < -0.4 is 0 Å². The third-order valence-corrected chi connectivity index (χ3v) is 2.27. The molecule has 0 spiro atoms. The van der Waals surface area contributed by atoms with Crippen molar-refractivity contribution < 1.29 is 8.78 Å². The maximum absolute atomic E-state index is 12.2. The zero-order chi connectivity index (χ0) is 7.61. The van der Waals surface area contributed by atoms with Crippen LogP contribution in [0.5, 0.6) is 0 Å². The molecular formula is C8H10F2. The van der Waals surface area contributed by atoms with Crippen molar-refractivity contribution in [3.8, 4) is 12.3 Å². The Hall–Kier alpha value is -0.580. The Labute approximate surface area is 59.6 Å². The number of hydrogen-bond donors (Lipinski definition) is 0. The van der Waals surface area contributed by atoms with Crippen LogP contribution in [0.3, 0.4) is 0 Å². The van der Waals surface area contributed by atoms with Crippen LogP contribution in [0.4, 0.5) is 8.78 Å². The van der Waals surface area contributed by atoms with Gasteiger partial charge in [-0.2, -0.15) is 0 Å². The van der Waals surface area contributed by atoms with E-state index in [9.17, 15) is 8.78 Å². The van der Waals surface area contributed by atoms with Crippen LogP contribution in [0.2, 0.25) is 0 Å². The van der Waals surface area contributed by atoms with Gasteiger partial charge in [0.25, 0.3) is 0 Å². The van der Waals surface area contributed by atoms with Crippen molar-refractivity contribution in [3.63, 3.8) is 0 Å². The van der Waals surface area contributed by atoms with Crippen molar-refractivity contribution in [3.05, 3.63) is 0 Å². The molecule has 0 N–H and O–H groups in total. The molecule has 0 aliphatic heterocycles. The molecule has 1 aliphatic carbocycles. The van der Waals surface area contributed by atoms with Crippen LogP contribution in [0.25, 0.3) is 0 Å². The molecule has 0 aromatic carbocycles. The molecule has 1 saturated carbocycles. The number of rotatable bonds is 2. The number of hydrogen-bond acceptors (Lipinski definition) is 0. The number of alkyl halides is 2. The lowest BCUT2D eigenvalue weighted by Gasteiger charge is -2.39. The van der Waals surface area contributed by atoms with Gasteiger partial charge in [0.05, 0.1) is 0 Å². The summed E-state index contributed by atoms with van der Waals surface area (Å²) in [6.45, 7) is 0. The molecule has 0 atom stereocenters. The first-order valence-corrected chi connectivity index (χ1v) is 3.43. The molecule has 56 valence electrons. The molecule has 1 rings (SSSR count). The van der Waals surface area contributed by atoms with Crippen LogP contribution in [0.1, 0.15) is 25.7 Å². The van der Waals surface area contributed by atoms with Crippen LogP contribution >= 0.6 is 0 Å². The van der Waals surface area contributed by atoms with E-state index in [1.54, 1.807) is 0 Å². The van der Waals surface area contributed by atoms with Crippen LogP contribution in [-0.2, 0) is 0 Å². The quantitative estimate of drug-likeness (QED) is 0.522. The highest BCUT2D eigenvalue weighted by molar-refractivity contribution is 5.00. The Balaban J connectivity index is 2.52. The Morgan fingerprint density at radius 2 is 2.10 bits per heavy atom. The van der Waals surface area contributed by atoms with Crippen LogP contribution in [0, 0.1) is 17.8 Å². The summed E-state index contributed by atoms with van der Waals surface area (Å²) < 4.78 is 24.5. The highest BCUT2D eigenvalue weighted by Gasteiger charge is 2.44. The second-order valence-corrected chi connectivity index (χ2v) is 2.90. The molecule has 0 bridgehead atoms. The predicted molar refractivity (Wildman–Crippen MR) is 35.7 cm³/mol. The van der Waals surface area contributed by atoms with Gasteiger partial charge in [-0.15, -0.1) is 12.3 Å². The van der Waals surface area contributed by atoms with Gasteiger partial charge in [-0.1, -0.05) is 6.42 Å². The van der Waals surface area contributed by atoms with E-state index in [0.717, 1.165) is 6.42 Å². The van der Waals surface area contributed by atoms with Gasteiger partial charge in [0.1, 0.15) is 0 Å². The summed E-state index contributed by atoms with van der Waals surface area (Å²) in [5, 5.41) is 0. The second-order valence-electron chi connectivity index (χ2n) is 2.90. The lowest BCUT2D eigenvalue weighted by Crippen LogP contribution is -2.36. The molecule has 10 heavy (non-hydrogen) atoms. The van der Waals surface area contributed by atoms with Crippen molar-refractivity contribution in [1.82, 2.24) is 0 Å². The average molecular weight is 144 g/mol. The monoisotopic (exact) mass is 144 g/mol. The van der Waals surface area contributed by atoms with E-state index in [1.165, 1.54) is 0 Å². The molecule has 0 radical (unpaired) electrons. The summed E-state index contributed by atoms with van der Waals surface area (Å²) in [5.41, 5.74) is -0.797.